The van der Waals surface area contributed by atoms with E-state index in [2.05, 4.69) is 10.6 Å². The van der Waals surface area contributed by atoms with Gasteiger partial charge in [-0.25, -0.2) is 9.59 Å². The minimum atomic E-state index is -1.03. The number of carbonyl (C=O) groups is 6. The maximum atomic E-state index is 13.7. The monoisotopic (exact) mass is 816 g/mol. The van der Waals surface area contributed by atoms with Gasteiger partial charge in [-0.2, -0.15) is 0 Å². The van der Waals surface area contributed by atoms with E-state index in [1.807, 2.05) is 0 Å². The minimum absolute atomic E-state index is 0.0626. The first kappa shape index (κ1) is 48.1. The minimum Gasteiger partial charge on any atom is -0.460 e. The molecule has 0 bridgehead atoms. The Morgan fingerprint density at radius 2 is 0.804 bits per heavy atom. The second kappa shape index (κ2) is 20.9. The molecular formula is C42H60N2O10S2. The Hall–Kier alpha value is -4.04. The van der Waals surface area contributed by atoms with Gasteiger partial charge >= 0.3 is 23.9 Å². The number of esters is 4. The Bertz CT molecular complexity index is 1560. The van der Waals surface area contributed by atoms with Crippen LogP contribution in [0.3, 0.4) is 0 Å². The highest BCUT2D eigenvalue weighted by Gasteiger charge is 2.30. The molecule has 2 rings (SSSR count). The summed E-state index contributed by atoms with van der Waals surface area (Å²) in [5, 5.41) is 5.61. The molecule has 0 heterocycles. The van der Waals surface area contributed by atoms with E-state index in [0.717, 1.165) is 0 Å². The van der Waals surface area contributed by atoms with Crippen LogP contribution in [0.2, 0.25) is 0 Å². The number of hydrogen-bond donors (Lipinski definition) is 2. The van der Waals surface area contributed by atoms with Crippen LogP contribution in [-0.2, 0) is 38.1 Å². The van der Waals surface area contributed by atoms with Crippen molar-refractivity contribution in [1.82, 2.24) is 10.6 Å². The molecule has 2 amide bonds. The molecule has 310 valence electrons. The van der Waals surface area contributed by atoms with E-state index in [4.69, 9.17) is 18.9 Å². The first-order valence-corrected chi connectivity index (χ1v) is 20.9. The molecule has 0 aliphatic carbocycles. The van der Waals surface area contributed by atoms with E-state index in [1.165, 1.54) is 21.6 Å². The predicted molar refractivity (Wildman–Crippen MR) is 218 cm³/mol. The van der Waals surface area contributed by atoms with E-state index in [1.54, 1.807) is 132 Å². The van der Waals surface area contributed by atoms with Crippen LogP contribution in [0, 0.1) is 0 Å². The van der Waals surface area contributed by atoms with Crippen LogP contribution in [0.15, 0.2) is 58.3 Å². The zero-order valence-electron chi connectivity index (χ0n) is 34.9. The molecule has 0 saturated heterocycles. The summed E-state index contributed by atoms with van der Waals surface area (Å²) >= 11 is 0. The van der Waals surface area contributed by atoms with E-state index < -0.39 is 70.2 Å². The van der Waals surface area contributed by atoms with Gasteiger partial charge in [0.2, 0.25) is 0 Å². The van der Waals surface area contributed by atoms with Gasteiger partial charge in [0.15, 0.2) is 0 Å². The predicted octanol–water partition coefficient (Wildman–Crippen LogP) is 8.39. The van der Waals surface area contributed by atoms with Gasteiger partial charge < -0.3 is 29.6 Å². The van der Waals surface area contributed by atoms with Gasteiger partial charge in [0.1, 0.15) is 34.5 Å². The molecule has 0 unspecified atom stereocenters. The van der Waals surface area contributed by atoms with E-state index >= 15 is 0 Å². The summed E-state index contributed by atoms with van der Waals surface area (Å²) in [5.41, 5.74) is -2.31. The zero-order valence-corrected chi connectivity index (χ0v) is 36.5. The summed E-state index contributed by atoms with van der Waals surface area (Å²) in [6.45, 7) is 21.0. The first-order chi connectivity index (χ1) is 25.7. The van der Waals surface area contributed by atoms with Crippen molar-refractivity contribution >= 4 is 57.3 Å². The molecule has 0 fully saturated rings. The van der Waals surface area contributed by atoms with Gasteiger partial charge in [-0.05, 0) is 133 Å². The van der Waals surface area contributed by atoms with E-state index in [0.29, 0.717) is 20.9 Å². The number of benzene rings is 2. The lowest BCUT2D eigenvalue weighted by Gasteiger charge is -2.25. The smallest absolute Gasteiger partial charge is 0.329 e. The van der Waals surface area contributed by atoms with Gasteiger partial charge in [-0.1, -0.05) is 45.9 Å². The van der Waals surface area contributed by atoms with Crippen LogP contribution in [0.1, 0.15) is 142 Å². The van der Waals surface area contributed by atoms with E-state index in [9.17, 15) is 28.8 Å². The maximum Gasteiger partial charge on any atom is 0.329 e. The molecule has 0 aliphatic rings. The second-order valence-electron chi connectivity index (χ2n) is 17.2. The Labute approximate surface area is 340 Å². The van der Waals surface area contributed by atoms with Crippen molar-refractivity contribution in [2.75, 3.05) is 0 Å². The summed E-state index contributed by atoms with van der Waals surface area (Å²) in [7, 11) is 2.49. The lowest BCUT2D eigenvalue weighted by Crippen LogP contribution is -2.44. The second-order valence-corrected chi connectivity index (χ2v) is 19.4. The lowest BCUT2D eigenvalue weighted by atomic mass is 10.1. The fourth-order valence-electron chi connectivity index (χ4n) is 4.95. The molecule has 2 aromatic rings. The number of amides is 2. The molecule has 0 aromatic heterocycles. The molecule has 2 atom stereocenters. The van der Waals surface area contributed by atoms with Gasteiger partial charge in [0.25, 0.3) is 11.8 Å². The highest BCUT2D eigenvalue weighted by Crippen LogP contribution is 2.40. The largest absolute Gasteiger partial charge is 0.460 e. The van der Waals surface area contributed by atoms with Gasteiger partial charge in [0, 0.05) is 22.6 Å². The van der Waals surface area contributed by atoms with Crippen molar-refractivity contribution in [2.24, 2.45) is 0 Å². The van der Waals surface area contributed by atoms with Crippen LogP contribution in [0.25, 0.3) is 0 Å². The number of carbonyl (C=O) groups excluding carboxylic acids is 6. The Balaban J connectivity index is 2.24. The van der Waals surface area contributed by atoms with Crippen molar-refractivity contribution in [2.45, 2.75) is 166 Å². The molecule has 14 heteroatoms. The number of nitrogens with one attached hydrogen (secondary N) is 2. The van der Waals surface area contributed by atoms with E-state index in [-0.39, 0.29) is 38.5 Å². The van der Waals surface area contributed by atoms with Gasteiger partial charge in [-0.3, -0.25) is 19.2 Å². The topological polar surface area (TPSA) is 163 Å². The molecule has 56 heavy (non-hydrogen) atoms. The highest BCUT2D eigenvalue weighted by molar-refractivity contribution is 8.76. The Kier molecular flexibility index (Phi) is 18.0. The number of hydrogen-bond acceptors (Lipinski definition) is 12. The third-order valence-electron chi connectivity index (χ3n) is 7.07. The summed E-state index contributed by atoms with van der Waals surface area (Å²) in [4.78, 5) is 79.6. The molecule has 2 aromatic carbocycles. The lowest BCUT2D eigenvalue weighted by molar-refractivity contribution is -0.159. The van der Waals surface area contributed by atoms with Gasteiger partial charge in [-0.15, -0.1) is 0 Å². The summed E-state index contributed by atoms with van der Waals surface area (Å²) < 4.78 is 22.0. The summed E-state index contributed by atoms with van der Waals surface area (Å²) in [6, 6.07) is 11.7. The standard InChI is InChI=1S/C42H60N2O10S2/c1-39(2,3)51-33(45)25-17-21-29(37(49)53-41(7,8)9)43-35(47)27-19-13-15-23-31(27)55-56-32-24-16-14-20-28(32)36(48)44-30(38(50)54-42(10,11)12)22-18-26-34(46)52-40(4,5)6/h13-16,19-20,23-24,29-30H,17-18,21-22,25-26H2,1-12H3,(H,43,47)(H,44,48)/t29-,30-/m0/s1. The average Bonchev–Trinajstić information content (AvgIpc) is 3.03. The van der Waals surface area contributed by atoms with Crippen LogP contribution in [0.5, 0.6) is 0 Å². The fraction of sp³-hybridized carbons (Fsp3) is 0.571. The molecule has 2 N–H and O–H groups in total. The fourth-order valence-corrected chi connectivity index (χ4v) is 7.30. The molecule has 0 radical (unpaired) electrons. The van der Waals surface area contributed by atoms with Gasteiger partial charge in [0.05, 0.1) is 11.1 Å². The summed E-state index contributed by atoms with van der Waals surface area (Å²) in [5.74, 6) is -3.08. The van der Waals surface area contributed by atoms with Crippen molar-refractivity contribution in [3.05, 3.63) is 59.7 Å². The van der Waals surface area contributed by atoms with Crippen molar-refractivity contribution in [3.8, 4) is 0 Å². The number of rotatable bonds is 17. The van der Waals surface area contributed by atoms with Crippen LogP contribution < -0.4 is 10.6 Å². The van der Waals surface area contributed by atoms with Crippen LogP contribution in [0.4, 0.5) is 0 Å². The normalized spacial score (nSPS) is 13.1. The van der Waals surface area contributed by atoms with Crippen molar-refractivity contribution < 1.29 is 47.7 Å². The SMILES string of the molecule is CC(C)(C)OC(=O)CCC[C@H](NC(=O)c1ccccc1SSc1ccccc1C(=O)N[C@@H](CCCC(=O)OC(C)(C)C)C(=O)OC(C)(C)C)C(=O)OC(C)(C)C. The maximum absolute atomic E-state index is 13.7. The Morgan fingerprint density at radius 3 is 1.11 bits per heavy atom. The van der Waals surface area contributed by atoms with Crippen LogP contribution >= 0.6 is 21.6 Å². The van der Waals surface area contributed by atoms with Crippen molar-refractivity contribution in [3.63, 3.8) is 0 Å². The quantitative estimate of drug-likeness (QED) is 0.0892. The average molecular weight is 817 g/mol. The van der Waals surface area contributed by atoms with Crippen molar-refractivity contribution in [1.29, 1.82) is 0 Å². The first-order valence-electron chi connectivity index (χ1n) is 18.8. The highest BCUT2D eigenvalue weighted by atomic mass is 33.1. The zero-order chi connectivity index (χ0) is 42.5. The molecule has 12 nitrogen and oxygen atoms in total. The van der Waals surface area contributed by atoms with Crippen LogP contribution in [-0.4, -0.2) is 70.2 Å². The summed E-state index contributed by atoms with van der Waals surface area (Å²) in [6.07, 6.45) is 0.987. The third-order valence-corrected chi connectivity index (χ3v) is 9.55. The number of ether oxygens (including phenoxy) is 4. The molecule has 0 spiro atoms. The molecule has 0 aliphatic heterocycles. The molecular weight excluding hydrogens is 757 g/mol. The molecule has 0 saturated carbocycles. The Morgan fingerprint density at radius 1 is 0.500 bits per heavy atom. The third kappa shape index (κ3) is 19.2.